The molecular formula is C9H21N3O2P+. The molecule has 88 valence electrons. The van der Waals surface area contributed by atoms with E-state index in [1.54, 1.807) is 0 Å². The number of nitrogens with zero attached hydrogens (tertiary/aromatic N) is 2. The third-order valence-corrected chi connectivity index (χ3v) is 3.84. The lowest BCUT2D eigenvalue weighted by molar-refractivity contribution is 0.194. The van der Waals surface area contributed by atoms with Gasteiger partial charge in [-0.2, -0.15) is 5.26 Å². The second kappa shape index (κ2) is 6.37. The Labute approximate surface area is 92.2 Å². The second-order valence-electron chi connectivity index (χ2n) is 4.05. The number of nitrogens with one attached hydrogen (secondary N) is 1. The molecule has 0 aromatic rings. The van der Waals surface area contributed by atoms with Crippen LogP contribution in [0.25, 0.3) is 0 Å². The molecule has 0 saturated carbocycles. The Hall–Kier alpha value is -0.240. The lowest BCUT2D eigenvalue weighted by Crippen LogP contribution is -2.46. The van der Waals surface area contributed by atoms with E-state index in [-0.39, 0.29) is 24.7 Å². The Kier molecular flexibility index (Phi) is 6.26. The molecule has 0 radical (unpaired) electrons. The van der Waals surface area contributed by atoms with Crippen molar-refractivity contribution in [2.75, 3.05) is 6.16 Å². The van der Waals surface area contributed by atoms with Crippen LogP contribution in [0.4, 0.5) is 0 Å². The Bertz CT molecular complexity index is 226. The zero-order valence-electron chi connectivity index (χ0n) is 9.80. The number of hydrogen-bond acceptors (Lipinski definition) is 5. The summed E-state index contributed by atoms with van der Waals surface area (Å²) < 4.78 is 1.48. The van der Waals surface area contributed by atoms with E-state index in [0.29, 0.717) is 0 Å². The van der Waals surface area contributed by atoms with Crippen molar-refractivity contribution in [3.8, 4) is 6.07 Å². The van der Waals surface area contributed by atoms with Crippen LogP contribution in [-0.4, -0.2) is 32.8 Å². The summed E-state index contributed by atoms with van der Waals surface area (Å²) in [5, 5.41) is 8.44. The van der Waals surface area contributed by atoms with Gasteiger partial charge in [-0.05, 0) is 27.7 Å². The van der Waals surface area contributed by atoms with Crippen LogP contribution in [0.15, 0.2) is 0 Å². The first-order valence-corrected chi connectivity index (χ1v) is 6.91. The standard InChI is InChI=1S/C9H21N3O2P/c1-8(2)11-12(9(3)4)15(13,14)7-5-6-10/h8-9,11,13-14H,5,7H2,1-4H3/q+1. The summed E-state index contributed by atoms with van der Waals surface area (Å²) >= 11 is 0. The minimum atomic E-state index is -3.18. The minimum absolute atomic E-state index is 0.0190. The van der Waals surface area contributed by atoms with E-state index in [4.69, 9.17) is 5.26 Å². The number of rotatable bonds is 6. The van der Waals surface area contributed by atoms with Gasteiger partial charge in [-0.3, -0.25) is 0 Å². The Morgan fingerprint density at radius 3 is 2.20 bits per heavy atom. The van der Waals surface area contributed by atoms with Crippen molar-refractivity contribution in [1.29, 1.82) is 5.26 Å². The van der Waals surface area contributed by atoms with E-state index >= 15 is 0 Å². The Balaban J connectivity index is 4.52. The highest BCUT2D eigenvalue weighted by Crippen LogP contribution is 2.54. The molecule has 6 heteroatoms. The quantitative estimate of drug-likeness (QED) is 0.476. The van der Waals surface area contributed by atoms with Gasteiger partial charge in [0.15, 0.2) is 0 Å². The van der Waals surface area contributed by atoms with Crippen molar-refractivity contribution in [3.63, 3.8) is 0 Å². The summed E-state index contributed by atoms with van der Waals surface area (Å²) in [7, 11) is -3.18. The van der Waals surface area contributed by atoms with Crippen LogP contribution >= 0.6 is 7.87 Å². The normalized spacial score (nSPS) is 12.5. The van der Waals surface area contributed by atoms with Crippen LogP contribution in [0.1, 0.15) is 34.1 Å². The van der Waals surface area contributed by atoms with Gasteiger partial charge in [0.1, 0.15) is 6.16 Å². The molecule has 0 aliphatic carbocycles. The van der Waals surface area contributed by atoms with Gasteiger partial charge in [0.05, 0.1) is 18.5 Å². The highest BCUT2D eigenvalue weighted by Gasteiger charge is 2.43. The molecule has 0 aliphatic rings. The van der Waals surface area contributed by atoms with Crippen molar-refractivity contribution in [3.05, 3.63) is 0 Å². The molecule has 0 fully saturated rings. The van der Waals surface area contributed by atoms with Gasteiger partial charge in [0.25, 0.3) is 0 Å². The van der Waals surface area contributed by atoms with Crippen LogP contribution in [-0.2, 0) is 0 Å². The van der Waals surface area contributed by atoms with E-state index in [1.165, 1.54) is 4.78 Å². The number of nitriles is 1. The van der Waals surface area contributed by atoms with Gasteiger partial charge in [-0.1, -0.05) is 4.78 Å². The third kappa shape index (κ3) is 5.41. The first kappa shape index (κ1) is 14.8. The van der Waals surface area contributed by atoms with Crippen molar-refractivity contribution in [2.45, 2.75) is 46.2 Å². The van der Waals surface area contributed by atoms with Crippen LogP contribution in [0.5, 0.6) is 0 Å². The van der Waals surface area contributed by atoms with Crippen LogP contribution < -0.4 is 5.43 Å². The topological polar surface area (TPSA) is 79.5 Å². The molecule has 0 unspecified atom stereocenters. The maximum atomic E-state index is 9.90. The van der Waals surface area contributed by atoms with Gasteiger partial charge in [-0.15, -0.1) is 0 Å². The SMILES string of the molecule is CC(C)NN(C(C)C)[P+](O)(O)CCC#N. The molecule has 0 atom stereocenters. The Morgan fingerprint density at radius 2 is 1.87 bits per heavy atom. The van der Waals surface area contributed by atoms with Crippen LogP contribution in [0.3, 0.4) is 0 Å². The van der Waals surface area contributed by atoms with Crippen molar-refractivity contribution < 1.29 is 9.79 Å². The Morgan fingerprint density at radius 1 is 1.33 bits per heavy atom. The van der Waals surface area contributed by atoms with Gasteiger partial charge < -0.3 is 0 Å². The largest absolute Gasteiger partial charge is 0.358 e. The molecule has 5 nitrogen and oxygen atoms in total. The van der Waals surface area contributed by atoms with Crippen molar-refractivity contribution in [1.82, 2.24) is 10.2 Å². The number of hydrogen-bond donors (Lipinski definition) is 3. The summed E-state index contributed by atoms with van der Waals surface area (Å²) in [4.78, 5) is 19.8. The fourth-order valence-corrected chi connectivity index (χ4v) is 2.95. The molecule has 0 aromatic heterocycles. The molecule has 0 spiro atoms. The molecular weight excluding hydrogens is 213 g/mol. The molecule has 15 heavy (non-hydrogen) atoms. The van der Waals surface area contributed by atoms with Gasteiger partial charge in [-0.25, -0.2) is 15.2 Å². The summed E-state index contributed by atoms with van der Waals surface area (Å²) in [6, 6.07) is 2.04. The van der Waals surface area contributed by atoms with E-state index < -0.39 is 7.87 Å². The maximum absolute atomic E-state index is 9.90. The average molecular weight is 234 g/mol. The van der Waals surface area contributed by atoms with E-state index in [2.05, 4.69) is 5.43 Å². The molecule has 3 N–H and O–H groups in total. The lowest BCUT2D eigenvalue weighted by atomic mass is 10.4. The highest BCUT2D eigenvalue weighted by atomic mass is 31.2. The molecule has 0 rings (SSSR count). The molecule has 0 amide bonds. The fraction of sp³-hybridized carbons (Fsp3) is 0.889. The summed E-state index contributed by atoms with van der Waals surface area (Å²) in [6.45, 7) is 7.62. The average Bonchev–Trinajstić information content (AvgIpc) is 2.10. The molecule has 0 saturated heterocycles. The predicted molar refractivity (Wildman–Crippen MR) is 61.7 cm³/mol. The molecule has 0 heterocycles. The first-order valence-electron chi connectivity index (χ1n) is 5.07. The molecule has 0 bridgehead atoms. The van der Waals surface area contributed by atoms with Gasteiger partial charge in [0.2, 0.25) is 0 Å². The van der Waals surface area contributed by atoms with Crippen LogP contribution in [0.2, 0.25) is 0 Å². The molecule has 0 aromatic carbocycles. The highest BCUT2D eigenvalue weighted by molar-refractivity contribution is 7.62. The lowest BCUT2D eigenvalue weighted by Gasteiger charge is -2.30. The first-order chi connectivity index (χ1) is 6.81. The summed E-state index contributed by atoms with van der Waals surface area (Å²) in [6.07, 6.45) is 0.269. The smallest absolute Gasteiger partial charge is 0.216 e. The third-order valence-electron chi connectivity index (χ3n) is 1.75. The fourth-order valence-electron chi connectivity index (χ4n) is 1.18. The van der Waals surface area contributed by atoms with E-state index in [1.807, 2.05) is 33.8 Å². The second-order valence-corrected chi connectivity index (χ2v) is 6.31. The van der Waals surface area contributed by atoms with Crippen molar-refractivity contribution in [2.24, 2.45) is 0 Å². The monoisotopic (exact) mass is 234 g/mol. The predicted octanol–water partition coefficient (Wildman–Crippen LogP) is 1.27. The van der Waals surface area contributed by atoms with Gasteiger partial charge >= 0.3 is 7.87 Å². The van der Waals surface area contributed by atoms with Crippen molar-refractivity contribution >= 4 is 7.87 Å². The van der Waals surface area contributed by atoms with Gasteiger partial charge in [0, 0.05) is 6.04 Å². The number of hydrazine groups is 1. The van der Waals surface area contributed by atoms with E-state index in [0.717, 1.165) is 0 Å². The molecule has 0 aliphatic heterocycles. The summed E-state index contributed by atoms with van der Waals surface area (Å²) in [5.41, 5.74) is 3.00. The zero-order chi connectivity index (χ0) is 12.1. The maximum Gasteiger partial charge on any atom is 0.358 e. The minimum Gasteiger partial charge on any atom is -0.216 e. The zero-order valence-corrected chi connectivity index (χ0v) is 10.7. The summed E-state index contributed by atoms with van der Waals surface area (Å²) in [5.74, 6) is 0. The van der Waals surface area contributed by atoms with Crippen LogP contribution in [0, 0.1) is 11.3 Å². The van der Waals surface area contributed by atoms with E-state index in [9.17, 15) is 9.79 Å².